The molecule has 0 unspecified atom stereocenters. The van der Waals surface area contributed by atoms with Crippen LogP contribution in [0.5, 0.6) is 0 Å². The van der Waals surface area contributed by atoms with Crippen molar-refractivity contribution in [3.63, 3.8) is 0 Å². The van der Waals surface area contributed by atoms with Crippen molar-refractivity contribution in [2.45, 2.75) is 13.1 Å². The maximum absolute atomic E-state index is 8.26. The van der Waals surface area contributed by atoms with Gasteiger partial charge < -0.3 is 4.90 Å². The fourth-order valence-electron chi connectivity index (χ4n) is 2.36. The molecule has 5 heteroatoms. The van der Waals surface area contributed by atoms with Crippen molar-refractivity contribution in [3.05, 3.63) is 68.2 Å². The minimum Gasteiger partial charge on any atom is -0.348 e. The largest absolute Gasteiger partial charge is 0.348 e. The Kier molecular flexibility index (Phi) is 3.63. The third-order valence-electron chi connectivity index (χ3n) is 3.40. The summed E-state index contributed by atoms with van der Waals surface area (Å²) in [5, 5.41) is 9.98. The summed E-state index contributed by atoms with van der Waals surface area (Å²) in [4.78, 5) is 1.96. The second kappa shape index (κ2) is 5.28. The first-order chi connectivity index (χ1) is 9.56. The van der Waals surface area contributed by atoms with Gasteiger partial charge in [-0.25, -0.2) is 0 Å². The topological polar surface area (TPSA) is 27.1 Å². The average Bonchev–Trinajstić information content (AvgIpc) is 2.70. The lowest BCUT2D eigenvalue weighted by Gasteiger charge is -2.18. The van der Waals surface area contributed by atoms with E-state index in [0.29, 0.717) is 34.0 Å². The third kappa shape index (κ3) is 2.39. The van der Waals surface area contributed by atoms with Crippen molar-refractivity contribution in [2.24, 2.45) is 0 Å². The Morgan fingerprint density at radius 3 is 2.45 bits per heavy atom. The first-order valence-electron chi connectivity index (χ1n) is 6.11. The van der Waals surface area contributed by atoms with E-state index in [4.69, 9.17) is 40.2 Å². The van der Waals surface area contributed by atoms with E-state index in [1.165, 1.54) is 0 Å². The van der Waals surface area contributed by atoms with Crippen LogP contribution in [0.15, 0.2) is 36.4 Å². The Balaban J connectivity index is 1.89. The number of nitrogens with zero attached hydrogens (tertiary/aromatic N) is 1. The Hall–Kier alpha value is -1.22. The molecule has 2 aromatic rings. The lowest BCUT2D eigenvalue weighted by molar-refractivity contribution is 0.422. The van der Waals surface area contributed by atoms with Gasteiger partial charge in [-0.05, 0) is 29.3 Å². The molecule has 0 spiro atoms. The van der Waals surface area contributed by atoms with Crippen molar-refractivity contribution in [1.82, 2.24) is 4.90 Å². The van der Waals surface area contributed by atoms with E-state index in [0.717, 1.165) is 16.7 Å². The fourth-order valence-corrected chi connectivity index (χ4v) is 2.91. The van der Waals surface area contributed by atoms with Gasteiger partial charge in [0.05, 0.1) is 10.0 Å². The van der Waals surface area contributed by atoms with Crippen LogP contribution in [0.4, 0.5) is 0 Å². The fraction of sp³-hybridized carbons (Fsp3) is 0.133. The maximum Gasteiger partial charge on any atom is 0.129 e. The molecule has 1 N–H and O–H groups in total. The predicted molar refractivity (Wildman–Crippen MR) is 84.0 cm³/mol. The standard InChI is InChI=1S/C15H11Cl3N2/c16-12-4-2-1-3-9(12)7-20-8-10-5-13(17)14(18)6-11(10)15(20)19/h1-6,19H,7-8H2. The molecule has 102 valence electrons. The van der Waals surface area contributed by atoms with Crippen molar-refractivity contribution in [1.29, 1.82) is 5.41 Å². The Morgan fingerprint density at radius 1 is 1.00 bits per heavy atom. The first-order valence-corrected chi connectivity index (χ1v) is 7.25. The zero-order chi connectivity index (χ0) is 14.3. The molecule has 0 fully saturated rings. The minimum atomic E-state index is 0.457. The summed E-state index contributed by atoms with van der Waals surface area (Å²) < 4.78 is 0. The molecule has 2 aromatic carbocycles. The molecule has 2 nitrogen and oxygen atoms in total. The maximum atomic E-state index is 8.26. The highest BCUT2D eigenvalue weighted by Crippen LogP contribution is 2.32. The molecule has 1 aliphatic rings. The number of benzene rings is 2. The summed E-state index contributed by atoms with van der Waals surface area (Å²) in [5.41, 5.74) is 2.87. The summed E-state index contributed by atoms with van der Waals surface area (Å²) in [5.74, 6) is 0.457. The molecular weight excluding hydrogens is 315 g/mol. The summed E-state index contributed by atoms with van der Waals surface area (Å²) in [6.45, 7) is 1.25. The second-order valence-electron chi connectivity index (χ2n) is 4.72. The molecule has 0 aliphatic carbocycles. The van der Waals surface area contributed by atoms with E-state index in [-0.39, 0.29) is 0 Å². The van der Waals surface area contributed by atoms with E-state index in [9.17, 15) is 0 Å². The first kappa shape index (κ1) is 13.7. The molecule has 3 rings (SSSR count). The molecule has 0 radical (unpaired) electrons. The quantitative estimate of drug-likeness (QED) is 0.827. The molecule has 0 aromatic heterocycles. The molecular formula is C15H11Cl3N2. The Labute approximate surface area is 132 Å². The summed E-state index contributed by atoms with van der Waals surface area (Å²) in [6, 6.07) is 11.3. The summed E-state index contributed by atoms with van der Waals surface area (Å²) >= 11 is 18.2. The molecule has 0 saturated heterocycles. The van der Waals surface area contributed by atoms with Crippen LogP contribution in [0.1, 0.15) is 16.7 Å². The normalized spacial score (nSPS) is 13.8. The number of fused-ring (bicyclic) bond motifs is 1. The Bertz CT molecular complexity index is 698. The summed E-state index contributed by atoms with van der Waals surface area (Å²) in [6.07, 6.45) is 0. The molecule has 0 bridgehead atoms. The van der Waals surface area contributed by atoms with Crippen molar-refractivity contribution >= 4 is 40.6 Å². The van der Waals surface area contributed by atoms with Gasteiger partial charge in [0.25, 0.3) is 0 Å². The van der Waals surface area contributed by atoms with E-state index >= 15 is 0 Å². The van der Waals surface area contributed by atoms with E-state index in [2.05, 4.69) is 0 Å². The highest BCUT2D eigenvalue weighted by Gasteiger charge is 2.25. The van der Waals surface area contributed by atoms with Gasteiger partial charge in [-0.1, -0.05) is 53.0 Å². The number of hydrogen-bond donors (Lipinski definition) is 1. The van der Waals surface area contributed by atoms with Crippen LogP contribution in [0.3, 0.4) is 0 Å². The number of nitrogens with one attached hydrogen (secondary N) is 1. The lowest BCUT2D eigenvalue weighted by atomic mass is 10.1. The van der Waals surface area contributed by atoms with Gasteiger partial charge in [0.2, 0.25) is 0 Å². The van der Waals surface area contributed by atoms with Crippen LogP contribution in [0.25, 0.3) is 0 Å². The lowest BCUT2D eigenvalue weighted by Crippen LogP contribution is -2.23. The zero-order valence-electron chi connectivity index (χ0n) is 10.5. The van der Waals surface area contributed by atoms with Gasteiger partial charge in [-0.2, -0.15) is 0 Å². The number of rotatable bonds is 2. The third-order valence-corrected chi connectivity index (χ3v) is 4.49. The number of halogens is 3. The molecule has 0 saturated carbocycles. The smallest absolute Gasteiger partial charge is 0.129 e. The number of amidine groups is 1. The molecule has 20 heavy (non-hydrogen) atoms. The van der Waals surface area contributed by atoms with Crippen molar-refractivity contribution in [3.8, 4) is 0 Å². The SMILES string of the molecule is N=C1c2cc(Cl)c(Cl)cc2CN1Cc1ccccc1Cl. The molecule has 0 amide bonds. The zero-order valence-corrected chi connectivity index (χ0v) is 12.7. The van der Waals surface area contributed by atoms with E-state index in [1.807, 2.05) is 35.2 Å². The van der Waals surface area contributed by atoms with Crippen LogP contribution in [0.2, 0.25) is 15.1 Å². The van der Waals surface area contributed by atoms with Crippen LogP contribution in [0, 0.1) is 5.41 Å². The Morgan fingerprint density at radius 2 is 1.70 bits per heavy atom. The van der Waals surface area contributed by atoms with Gasteiger partial charge >= 0.3 is 0 Å². The van der Waals surface area contributed by atoms with Gasteiger partial charge in [0.15, 0.2) is 0 Å². The van der Waals surface area contributed by atoms with Crippen molar-refractivity contribution in [2.75, 3.05) is 0 Å². The molecule has 1 aliphatic heterocycles. The predicted octanol–water partition coefficient (Wildman–Crippen LogP) is 4.99. The van der Waals surface area contributed by atoms with Gasteiger partial charge in [0.1, 0.15) is 5.84 Å². The van der Waals surface area contributed by atoms with Gasteiger partial charge in [-0.15, -0.1) is 0 Å². The second-order valence-corrected chi connectivity index (χ2v) is 5.94. The molecule has 0 atom stereocenters. The minimum absolute atomic E-state index is 0.457. The van der Waals surface area contributed by atoms with Crippen LogP contribution >= 0.6 is 34.8 Å². The van der Waals surface area contributed by atoms with E-state index in [1.54, 1.807) is 6.07 Å². The monoisotopic (exact) mass is 324 g/mol. The summed E-state index contributed by atoms with van der Waals surface area (Å²) in [7, 11) is 0. The average molecular weight is 326 g/mol. The van der Waals surface area contributed by atoms with E-state index < -0.39 is 0 Å². The highest BCUT2D eigenvalue weighted by molar-refractivity contribution is 6.42. The van der Waals surface area contributed by atoms with Crippen LogP contribution < -0.4 is 0 Å². The van der Waals surface area contributed by atoms with Crippen LogP contribution in [-0.4, -0.2) is 10.7 Å². The van der Waals surface area contributed by atoms with Gasteiger partial charge in [0, 0.05) is 23.7 Å². The van der Waals surface area contributed by atoms with Crippen LogP contribution in [-0.2, 0) is 13.1 Å². The molecule has 1 heterocycles. The van der Waals surface area contributed by atoms with Gasteiger partial charge in [-0.3, -0.25) is 5.41 Å². The van der Waals surface area contributed by atoms with Crippen molar-refractivity contribution < 1.29 is 0 Å². The number of hydrogen-bond acceptors (Lipinski definition) is 1. The highest BCUT2D eigenvalue weighted by atomic mass is 35.5.